The molecule has 1 aliphatic rings. The van der Waals surface area contributed by atoms with E-state index in [1.165, 1.54) is 32.1 Å². The van der Waals surface area contributed by atoms with Gasteiger partial charge in [0.2, 0.25) is 0 Å². The maximum absolute atomic E-state index is 14.6. The predicted octanol–water partition coefficient (Wildman–Crippen LogP) is 6.23. The van der Waals surface area contributed by atoms with Crippen molar-refractivity contribution in [2.45, 2.75) is 98.2 Å². The average molecular weight is 328 g/mol. The third-order valence-corrected chi connectivity index (χ3v) is 6.59. The van der Waals surface area contributed by atoms with Gasteiger partial charge in [0.1, 0.15) is 6.17 Å². The summed E-state index contributed by atoms with van der Waals surface area (Å²) in [5.41, 5.74) is 0. The lowest BCUT2D eigenvalue weighted by atomic mass is 9.69. The monoisotopic (exact) mass is 327 g/mol. The minimum atomic E-state index is -0.600. The van der Waals surface area contributed by atoms with Gasteiger partial charge in [-0.2, -0.15) is 0 Å². The first kappa shape index (κ1) is 20.9. The number of hydrogen-bond donors (Lipinski definition) is 1. The van der Waals surface area contributed by atoms with E-state index in [-0.39, 0.29) is 0 Å². The Morgan fingerprint density at radius 3 is 2.26 bits per heavy atom. The van der Waals surface area contributed by atoms with Crippen LogP contribution in [-0.2, 0) is 0 Å². The van der Waals surface area contributed by atoms with Crippen molar-refractivity contribution in [1.29, 1.82) is 0 Å². The Kier molecular flexibility index (Phi) is 9.73. The van der Waals surface area contributed by atoms with Crippen molar-refractivity contribution < 1.29 is 4.39 Å². The quantitative estimate of drug-likeness (QED) is 0.645. The minimum absolute atomic E-state index is 0.471. The molecule has 0 heterocycles. The van der Waals surface area contributed by atoms with Crippen LogP contribution >= 0.6 is 0 Å². The number of alkyl halides is 1. The third-order valence-electron chi connectivity index (χ3n) is 6.59. The molecule has 1 aliphatic carbocycles. The Labute approximate surface area is 145 Å². The van der Waals surface area contributed by atoms with Gasteiger partial charge in [-0.15, -0.1) is 0 Å². The standard InChI is InChI=1S/C21H42FN/c1-7-10-19-14-20(22)12-9-8-11-15(2)16(3)13-17(4)21(19)18(5)23-6/h15-21,23H,7-14H2,1-6H3. The predicted molar refractivity (Wildman–Crippen MR) is 100 cm³/mol. The second-order valence-corrected chi connectivity index (χ2v) is 8.49. The molecule has 1 saturated carbocycles. The van der Waals surface area contributed by atoms with Crippen LogP contribution in [0, 0.1) is 29.6 Å². The molecule has 0 saturated heterocycles. The van der Waals surface area contributed by atoms with Crippen molar-refractivity contribution in [3.05, 3.63) is 0 Å². The molecule has 1 nitrogen and oxygen atoms in total. The number of rotatable bonds is 4. The molecule has 138 valence electrons. The molecule has 2 heteroatoms. The molecular weight excluding hydrogens is 285 g/mol. The Morgan fingerprint density at radius 1 is 1.00 bits per heavy atom. The van der Waals surface area contributed by atoms with Crippen molar-refractivity contribution in [2.75, 3.05) is 7.05 Å². The molecule has 7 atom stereocenters. The van der Waals surface area contributed by atoms with E-state index in [0.717, 1.165) is 31.1 Å². The van der Waals surface area contributed by atoms with E-state index in [1.54, 1.807) is 0 Å². The van der Waals surface area contributed by atoms with Gasteiger partial charge in [-0.25, -0.2) is 4.39 Å². The van der Waals surface area contributed by atoms with Gasteiger partial charge in [0.05, 0.1) is 0 Å². The van der Waals surface area contributed by atoms with Gasteiger partial charge in [0.15, 0.2) is 0 Å². The molecular formula is C21H42FN. The first-order chi connectivity index (χ1) is 10.9. The Hall–Kier alpha value is -0.110. The number of halogens is 1. The van der Waals surface area contributed by atoms with Crippen molar-refractivity contribution in [1.82, 2.24) is 5.32 Å². The maximum Gasteiger partial charge on any atom is 0.100 e. The van der Waals surface area contributed by atoms with Crippen LogP contribution in [0.3, 0.4) is 0 Å². The molecule has 7 unspecified atom stereocenters. The summed E-state index contributed by atoms with van der Waals surface area (Å²) < 4.78 is 14.6. The first-order valence-electron chi connectivity index (χ1n) is 10.2. The molecule has 0 amide bonds. The van der Waals surface area contributed by atoms with Crippen LogP contribution in [0.1, 0.15) is 86.0 Å². The smallest absolute Gasteiger partial charge is 0.100 e. The van der Waals surface area contributed by atoms with E-state index < -0.39 is 6.17 Å². The molecule has 1 N–H and O–H groups in total. The summed E-state index contributed by atoms with van der Waals surface area (Å²) in [4.78, 5) is 0. The average Bonchev–Trinajstić information content (AvgIpc) is 2.50. The zero-order valence-corrected chi connectivity index (χ0v) is 16.6. The fourth-order valence-electron chi connectivity index (χ4n) is 4.94. The van der Waals surface area contributed by atoms with Crippen molar-refractivity contribution in [2.24, 2.45) is 29.6 Å². The zero-order valence-electron chi connectivity index (χ0n) is 16.6. The lowest BCUT2D eigenvalue weighted by molar-refractivity contribution is 0.108. The molecule has 1 fully saturated rings. The highest BCUT2D eigenvalue weighted by molar-refractivity contribution is 4.85. The SMILES string of the molecule is CCCC1CC(F)CCCCC(C)C(C)CC(C)C1C(C)NC. The van der Waals surface area contributed by atoms with E-state index in [9.17, 15) is 4.39 Å². The molecule has 0 aliphatic heterocycles. The fourth-order valence-corrected chi connectivity index (χ4v) is 4.94. The summed E-state index contributed by atoms with van der Waals surface area (Å²) in [7, 11) is 2.06. The van der Waals surface area contributed by atoms with Crippen LogP contribution in [0.5, 0.6) is 0 Å². The van der Waals surface area contributed by atoms with Crippen LogP contribution in [0.15, 0.2) is 0 Å². The highest BCUT2D eigenvalue weighted by Gasteiger charge is 2.33. The van der Waals surface area contributed by atoms with Crippen molar-refractivity contribution in [3.63, 3.8) is 0 Å². The highest BCUT2D eigenvalue weighted by atomic mass is 19.1. The van der Waals surface area contributed by atoms with E-state index in [4.69, 9.17) is 0 Å². The van der Waals surface area contributed by atoms with E-state index in [0.29, 0.717) is 23.8 Å². The van der Waals surface area contributed by atoms with E-state index in [2.05, 4.69) is 47.0 Å². The van der Waals surface area contributed by atoms with Gasteiger partial charge < -0.3 is 5.32 Å². The second kappa shape index (κ2) is 10.7. The van der Waals surface area contributed by atoms with Gasteiger partial charge in [0.25, 0.3) is 0 Å². The van der Waals surface area contributed by atoms with Gasteiger partial charge in [-0.1, -0.05) is 59.8 Å². The summed E-state index contributed by atoms with van der Waals surface area (Å²) in [6.45, 7) is 11.8. The fraction of sp³-hybridized carbons (Fsp3) is 1.00. The molecule has 0 aromatic carbocycles. The molecule has 0 spiro atoms. The van der Waals surface area contributed by atoms with Crippen molar-refractivity contribution >= 4 is 0 Å². The lowest BCUT2D eigenvalue weighted by Gasteiger charge is -2.39. The van der Waals surface area contributed by atoms with Crippen LogP contribution in [0.2, 0.25) is 0 Å². The second-order valence-electron chi connectivity index (χ2n) is 8.49. The summed E-state index contributed by atoms with van der Waals surface area (Å²) in [5, 5.41) is 3.48. The molecule has 23 heavy (non-hydrogen) atoms. The normalized spacial score (nSPS) is 39.3. The summed E-state index contributed by atoms with van der Waals surface area (Å²) in [6.07, 6.45) is 8.12. The van der Waals surface area contributed by atoms with E-state index in [1.807, 2.05) is 0 Å². The molecule has 0 bridgehead atoms. The molecule has 0 aromatic heterocycles. The topological polar surface area (TPSA) is 12.0 Å². The summed E-state index contributed by atoms with van der Waals surface area (Å²) in [6, 6.07) is 0.471. The number of hydrogen-bond acceptors (Lipinski definition) is 1. The van der Waals surface area contributed by atoms with E-state index >= 15 is 0 Å². The molecule has 1 rings (SSSR count). The Balaban J connectivity index is 2.97. The highest BCUT2D eigenvalue weighted by Crippen LogP contribution is 2.38. The van der Waals surface area contributed by atoms with Gasteiger partial charge >= 0.3 is 0 Å². The number of nitrogens with one attached hydrogen (secondary N) is 1. The Morgan fingerprint density at radius 2 is 1.65 bits per heavy atom. The maximum atomic E-state index is 14.6. The summed E-state index contributed by atoms with van der Waals surface area (Å²) >= 11 is 0. The third kappa shape index (κ3) is 6.72. The summed E-state index contributed by atoms with van der Waals surface area (Å²) in [5.74, 6) is 3.32. The molecule has 0 aromatic rings. The molecule has 0 radical (unpaired) electrons. The lowest BCUT2D eigenvalue weighted by Crippen LogP contribution is -2.41. The van der Waals surface area contributed by atoms with Gasteiger partial charge in [-0.05, 0) is 62.8 Å². The van der Waals surface area contributed by atoms with Crippen LogP contribution < -0.4 is 5.32 Å². The van der Waals surface area contributed by atoms with Crippen LogP contribution in [-0.4, -0.2) is 19.3 Å². The largest absolute Gasteiger partial charge is 0.317 e. The van der Waals surface area contributed by atoms with Crippen molar-refractivity contribution in [3.8, 4) is 0 Å². The van der Waals surface area contributed by atoms with Crippen LogP contribution in [0.4, 0.5) is 4.39 Å². The van der Waals surface area contributed by atoms with Crippen LogP contribution in [0.25, 0.3) is 0 Å². The van der Waals surface area contributed by atoms with Gasteiger partial charge in [0, 0.05) is 6.04 Å². The first-order valence-corrected chi connectivity index (χ1v) is 10.2. The minimum Gasteiger partial charge on any atom is -0.317 e. The Bertz CT molecular complexity index is 306. The zero-order chi connectivity index (χ0) is 17.4. The van der Waals surface area contributed by atoms with Gasteiger partial charge in [-0.3, -0.25) is 0 Å².